The molecule has 2 fully saturated rings. The van der Waals surface area contributed by atoms with E-state index in [2.05, 4.69) is 15.5 Å². The second-order valence-electron chi connectivity index (χ2n) is 4.98. The minimum atomic E-state index is 0.194. The van der Waals surface area contributed by atoms with Crippen molar-refractivity contribution in [2.45, 2.75) is 25.7 Å². The SMILES string of the molecule is O=C1CN(CCC2CCCNC2)CCCN1. The van der Waals surface area contributed by atoms with Crippen LogP contribution in [0.3, 0.4) is 0 Å². The molecule has 92 valence electrons. The Bertz CT molecular complexity index is 226. The second-order valence-corrected chi connectivity index (χ2v) is 4.98. The predicted octanol–water partition coefficient (Wildman–Crippen LogP) is 0.198. The van der Waals surface area contributed by atoms with Crippen LogP contribution in [0.25, 0.3) is 0 Å². The highest BCUT2D eigenvalue weighted by molar-refractivity contribution is 5.78. The number of hydrogen-bond donors (Lipinski definition) is 2. The highest BCUT2D eigenvalue weighted by Crippen LogP contribution is 2.14. The van der Waals surface area contributed by atoms with Crippen molar-refractivity contribution in [1.82, 2.24) is 15.5 Å². The summed E-state index contributed by atoms with van der Waals surface area (Å²) in [5.74, 6) is 1.01. The molecule has 1 atom stereocenters. The fourth-order valence-electron chi connectivity index (χ4n) is 2.59. The third-order valence-electron chi connectivity index (χ3n) is 3.59. The molecule has 1 amide bonds. The average Bonchev–Trinajstić information content (AvgIpc) is 2.52. The van der Waals surface area contributed by atoms with Crippen LogP contribution >= 0.6 is 0 Å². The lowest BCUT2D eigenvalue weighted by atomic mass is 9.96. The molecule has 0 aliphatic carbocycles. The Kier molecular flexibility index (Phi) is 4.60. The maximum atomic E-state index is 11.4. The first-order valence-corrected chi connectivity index (χ1v) is 6.54. The summed E-state index contributed by atoms with van der Waals surface area (Å²) in [5, 5.41) is 6.37. The lowest BCUT2D eigenvalue weighted by molar-refractivity contribution is -0.121. The van der Waals surface area contributed by atoms with E-state index in [1.807, 2.05) is 0 Å². The predicted molar refractivity (Wildman–Crippen MR) is 64.3 cm³/mol. The summed E-state index contributed by atoms with van der Waals surface area (Å²) in [7, 11) is 0. The normalized spacial score (nSPS) is 28.5. The molecular weight excluding hydrogens is 202 g/mol. The van der Waals surface area contributed by atoms with Crippen LogP contribution in [0.2, 0.25) is 0 Å². The third-order valence-corrected chi connectivity index (χ3v) is 3.59. The van der Waals surface area contributed by atoms with Crippen LogP contribution in [0.1, 0.15) is 25.7 Å². The summed E-state index contributed by atoms with van der Waals surface area (Å²) in [4.78, 5) is 13.7. The number of amides is 1. The number of rotatable bonds is 3. The minimum Gasteiger partial charge on any atom is -0.355 e. The first-order chi connectivity index (χ1) is 7.84. The zero-order chi connectivity index (χ0) is 11.2. The Balaban J connectivity index is 1.69. The summed E-state index contributed by atoms with van der Waals surface area (Å²) < 4.78 is 0. The Morgan fingerprint density at radius 2 is 2.25 bits per heavy atom. The van der Waals surface area contributed by atoms with Crippen molar-refractivity contribution in [3.05, 3.63) is 0 Å². The molecule has 0 radical (unpaired) electrons. The van der Waals surface area contributed by atoms with Gasteiger partial charge < -0.3 is 10.6 Å². The fourth-order valence-corrected chi connectivity index (χ4v) is 2.59. The molecule has 2 aliphatic heterocycles. The fraction of sp³-hybridized carbons (Fsp3) is 0.917. The molecule has 2 N–H and O–H groups in total. The lowest BCUT2D eigenvalue weighted by Crippen LogP contribution is -2.36. The molecule has 4 heteroatoms. The van der Waals surface area contributed by atoms with Gasteiger partial charge in [-0.2, -0.15) is 0 Å². The molecule has 0 aromatic rings. The highest BCUT2D eigenvalue weighted by atomic mass is 16.2. The van der Waals surface area contributed by atoms with E-state index in [4.69, 9.17) is 0 Å². The molecule has 1 unspecified atom stereocenters. The molecular formula is C12H23N3O. The van der Waals surface area contributed by atoms with Crippen molar-refractivity contribution in [1.29, 1.82) is 0 Å². The van der Waals surface area contributed by atoms with E-state index in [1.165, 1.54) is 32.4 Å². The number of carbonyl (C=O) groups excluding carboxylic acids is 1. The van der Waals surface area contributed by atoms with E-state index in [-0.39, 0.29) is 5.91 Å². The quantitative estimate of drug-likeness (QED) is 0.721. The monoisotopic (exact) mass is 225 g/mol. The van der Waals surface area contributed by atoms with Crippen LogP contribution in [0.5, 0.6) is 0 Å². The van der Waals surface area contributed by atoms with Gasteiger partial charge in [0.05, 0.1) is 6.54 Å². The maximum Gasteiger partial charge on any atom is 0.234 e. The van der Waals surface area contributed by atoms with E-state index < -0.39 is 0 Å². The van der Waals surface area contributed by atoms with E-state index in [0.717, 1.165) is 32.0 Å². The molecule has 0 saturated carbocycles. The molecule has 2 heterocycles. The van der Waals surface area contributed by atoms with E-state index in [1.54, 1.807) is 0 Å². The van der Waals surface area contributed by atoms with E-state index in [0.29, 0.717) is 6.54 Å². The van der Waals surface area contributed by atoms with Crippen molar-refractivity contribution >= 4 is 5.91 Å². The second kappa shape index (κ2) is 6.21. The van der Waals surface area contributed by atoms with Gasteiger partial charge in [-0.3, -0.25) is 9.69 Å². The topological polar surface area (TPSA) is 44.4 Å². The summed E-state index contributed by atoms with van der Waals surface area (Å²) in [5.41, 5.74) is 0. The van der Waals surface area contributed by atoms with Crippen molar-refractivity contribution < 1.29 is 4.79 Å². The number of nitrogens with one attached hydrogen (secondary N) is 2. The average molecular weight is 225 g/mol. The van der Waals surface area contributed by atoms with Crippen LogP contribution in [-0.4, -0.2) is 50.1 Å². The van der Waals surface area contributed by atoms with Crippen molar-refractivity contribution in [2.75, 3.05) is 39.3 Å². The smallest absolute Gasteiger partial charge is 0.234 e. The molecule has 0 bridgehead atoms. The van der Waals surface area contributed by atoms with Crippen LogP contribution in [0, 0.1) is 5.92 Å². The van der Waals surface area contributed by atoms with Crippen LogP contribution < -0.4 is 10.6 Å². The van der Waals surface area contributed by atoms with Crippen molar-refractivity contribution in [3.8, 4) is 0 Å². The van der Waals surface area contributed by atoms with Gasteiger partial charge in [0.1, 0.15) is 0 Å². The molecule has 2 saturated heterocycles. The highest BCUT2D eigenvalue weighted by Gasteiger charge is 2.17. The number of hydrogen-bond acceptors (Lipinski definition) is 3. The largest absolute Gasteiger partial charge is 0.355 e. The molecule has 0 spiro atoms. The van der Waals surface area contributed by atoms with Gasteiger partial charge in [-0.05, 0) is 51.2 Å². The minimum absolute atomic E-state index is 0.194. The standard InChI is InChI=1S/C12H23N3O/c16-12-10-15(7-2-6-14-12)8-4-11-3-1-5-13-9-11/h11,13H,1-10H2,(H,14,16). The van der Waals surface area contributed by atoms with Gasteiger partial charge in [-0.25, -0.2) is 0 Å². The lowest BCUT2D eigenvalue weighted by Gasteiger charge is -2.26. The van der Waals surface area contributed by atoms with Gasteiger partial charge in [0, 0.05) is 13.1 Å². The van der Waals surface area contributed by atoms with Gasteiger partial charge >= 0.3 is 0 Å². The van der Waals surface area contributed by atoms with Gasteiger partial charge in [0.15, 0.2) is 0 Å². The molecule has 0 aromatic carbocycles. The van der Waals surface area contributed by atoms with Crippen LogP contribution in [0.4, 0.5) is 0 Å². The summed E-state index contributed by atoms with van der Waals surface area (Å²) in [6, 6.07) is 0. The zero-order valence-corrected chi connectivity index (χ0v) is 10.0. The first-order valence-electron chi connectivity index (χ1n) is 6.54. The van der Waals surface area contributed by atoms with Gasteiger partial charge in [0.2, 0.25) is 5.91 Å². The van der Waals surface area contributed by atoms with Crippen molar-refractivity contribution in [3.63, 3.8) is 0 Å². The Morgan fingerprint density at radius 3 is 3.06 bits per heavy atom. The molecule has 16 heavy (non-hydrogen) atoms. The molecule has 0 aromatic heterocycles. The number of carbonyl (C=O) groups is 1. The third kappa shape index (κ3) is 3.76. The molecule has 4 nitrogen and oxygen atoms in total. The molecule has 2 rings (SSSR count). The van der Waals surface area contributed by atoms with E-state index in [9.17, 15) is 4.79 Å². The Morgan fingerprint density at radius 1 is 1.31 bits per heavy atom. The first kappa shape index (κ1) is 11.9. The number of piperidine rings is 1. The summed E-state index contributed by atoms with van der Waals surface area (Å²) in [6.07, 6.45) is 4.99. The zero-order valence-electron chi connectivity index (χ0n) is 10.0. The van der Waals surface area contributed by atoms with Crippen LogP contribution in [0.15, 0.2) is 0 Å². The van der Waals surface area contributed by atoms with Gasteiger partial charge in [-0.1, -0.05) is 0 Å². The van der Waals surface area contributed by atoms with Crippen molar-refractivity contribution in [2.24, 2.45) is 5.92 Å². The maximum absolute atomic E-state index is 11.4. The summed E-state index contributed by atoms with van der Waals surface area (Å²) >= 11 is 0. The van der Waals surface area contributed by atoms with Gasteiger partial charge in [0.25, 0.3) is 0 Å². The number of nitrogens with zero attached hydrogens (tertiary/aromatic N) is 1. The summed E-state index contributed by atoms with van der Waals surface area (Å²) in [6.45, 7) is 5.95. The van der Waals surface area contributed by atoms with E-state index >= 15 is 0 Å². The Hall–Kier alpha value is -0.610. The van der Waals surface area contributed by atoms with Crippen LogP contribution in [-0.2, 0) is 4.79 Å². The molecule has 2 aliphatic rings. The Labute approximate surface area is 97.8 Å². The van der Waals surface area contributed by atoms with Gasteiger partial charge in [-0.15, -0.1) is 0 Å².